The van der Waals surface area contributed by atoms with E-state index in [1.165, 1.54) is 0 Å². The number of hydrogen-bond donors (Lipinski definition) is 3. The molecule has 0 spiro atoms. The monoisotopic (exact) mass is 225 g/mol. The number of pyridine rings is 1. The number of nitrogens with zero attached hydrogens (tertiary/aromatic N) is 2. The Bertz CT molecular complexity index is 517. The van der Waals surface area contributed by atoms with Crippen LogP contribution in [-0.2, 0) is 0 Å². The molecule has 0 amide bonds. The van der Waals surface area contributed by atoms with E-state index in [9.17, 15) is 0 Å². The second kappa shape index (κ2) is 3.27. The molecule has 2 aromatic rings. The quantitative estimate of drug-likeness (QED) is 0.691. The number of hydrogen-bond acceptors (Lipinski definition) is 4. The fraction of sp³-hybridized carbons (Fsp3) is 0.333. The van der Waals surface area contributed by atoms with Gasteiger partial charge in [0.25, 0.3) is 0 Å². The average Bonchev–Trinajstić information content (AvgIpc) is 2.49. The minimum atomic E-state index is 0.213. The van der Waals surface area contributed by atoms with E-state index in [4.69, 9.17) is 23.1 Å². The van der Waals surface area contributed by atoms with Crippen molar-refractivity contribution in [3.8, 4) is 0 Å². The molecule has 0 aliphatic carbocycles. The normalized spacial score (nSPS) is 11.5. The first-order valence-electron chi connectivity index (χ1n) is 4.60. The van der Waals surface area contributed by atoms with E-state index < -0.39 is 0 Å². The summed E-state index contributed by atoms with van der Waals surface area (Å²) in [6.07, 6.45) is 0. The van der Waals surface area contributed by atoms with Crippen LogP contribution in [-0.4, -0.2) is 15.2 Å². The van der Waals surface area contributed by atoms with Gasteiger partial charge in [0.2, 0.25) is 0 Å². The van der Waals surface area contributed by atoms with Crippen LogP contribution < -0.4 is 11.5 Å². The summed E-state index contributed by atoms with van der Waals surface area (Å²) in [4.78, 5) is 4.06. The average molecular weight is 226 g/mol. The van der Waals surface area contributed by atoms with Crippen LogP contribution in [0.25, 0.3) is 11.0 Å². The van der Waals surface area contributed by atoms with Crippen molar-refractivity contribution < 1.29 is 0 Å². The lowest BCUT2D eigenvalue weighted by atomic mass is 10.0. The summed E-state index contributed by atoms with van der Waals surface area (Å²) in [5, 5.41) is 7.87. The third-order valence-electron chi connectivity index (χ3n) is 2.31. The van der Waals surface area contributed by atoms with Crippen molar-refractivity contribution in [3.05, 3.63) is 10.6 Å². The van der Waals surface area contributed by atoms with Crippen molar-refractivity contribution in [1.29, 1.82) is 0 Å². The molecule has 0 bridgehead atoms. The predicted octanol–water partition coefficient (Wildman–Crippen LogP) is 1.90. The van der Waals surface area contributed by atoms with Crippen LogP contribution in [0.1, 0.15) is 25.3 Å². The van der Waals surface area contributed by atoms with Gasteiger partial charge in [0, 0.05) is 0 Å². The van der Waals surface area contributed by atoms with Crippen molar-refractivity contribution in [1.82, 2.24) is 15.2 Å². The number of rotatable bonds is 1. The summed E-state index contributed by atoms with van der Waals surface area (Å²) in [7, 11) is 0. The van der Waals surface area contributed by atoms with Crippen molar-refractivity contribution in [3.63, 3.8) is 0 Å². The number of fused-ring (bicyclic) bond motifs is 1. The van der Waals surface area contributed by atoms with Crippen LogP contribution >= 0.6 is 11.6 Å². The summed E-state index contributed by atoms with van der Waals surface area (Å²) in [5.74, 6) is 0.979. The number of halogens is 1. The fourth-order valence-corrected chi connectivity index (χ4v) is 2.00. The smallest absolute Gasteiger partial charge is 0.185 e. The molecular formula is C9H12ClN5. The van der Waals surface area contributed by atoms with E-state index >= 15 is 0 Å². The molecule has 2 heterocycles. The maximum atomic E-state index is 6.11. The lowest BCUT2D eigenvalue weighted by Gasteiger charge is -2.11. The largest absolute Gasteiger partial charge is 0.384 e. The molecule has 0 aliphatic heterocycles. The van der Waals surface area contributed by atoms with Gasteiger partial charge < -0.3 is 11.5 Å². The molecule has 0 atom stereocenters. The maximum Gasteiger partial charge on any atom is 0.185 e. The van der Waals surface area contributed by atoms with Crippen LogP contribution in [0.5, 0.6) is 0 Å². The SMILES string of the molecule is CC(C)c1c(Cl)c(N)nc2n[nH]c(N)c12. The first-order valence-corrected chi connectivity index (χ1v) is 4.98. The first-order chi connectivity index (χ1) is 7.02. The molecule has 0 unspecified atom stereocenters. The Hall–Kier alpha value is -1.49. The van der Waals surface area contributed by atoms with Gasteiger partial charge in [-0.05, 0) is 11.5 Å². The van der Waals surface area contributed by atoms with Crippen LogP contribution in [0.2, 0.25) is 5.02 Å². The summed E-state index contributed by atoms with van der Waals surface area (Å²) < 4.78 is 0. The number of aromatic nitrogens is 3. The Morgan fingerprint density at radius 2 is 2.00 bits per heavy atom. The highest BCUT2D eigenvalue weighted by Gasteiger charge is 2.18. The molecule has 0 aliphatic rings. The van der Waals surface area contributed by atoms with E-state index in [1.54, 1.807) is 0 Å². The number of H-pyrrole nitrogens is 1. The van der Waals surface area contributed by atoms with Gasteiger partial charge in [0.05, 0.1) is 10.4 Å². The Labute approximate surface area is 91.8 Å². The molecule has 0 radical (unpaired) electrons. The van der Waals surface area contributed by atoms with Crippen LogP contribution in [0.15, 0.2) is 0 Å². The third-order valence-corrected chi connectivity index (χ3v) is 2.71. The van der Waals surface area contributed by atoms with E-state index in [2.05, 4.69) is 15.2 Å². The minimum Gasteiger partial charge on any atom is -0.384 e. The summed E-state index contributed by atoms with van der Waals surface area (Å²) in [5.41, 5.74) is 12.9. The van der Waals surface area contributed by atoms with Crippen LogP contribution in [0.3, 0.4) is 0 Å². The molecule has 5 nitrogen and oxygen atoms in total. The zero-order chi connectivity index (χ0) is 11.2. The maximum absolute atomic E-state index is 6.11. The second-order valence-corrected chi connectivity index (χ2v) is 4.09. The number of aromatic amines is 1. The number of nitrogens with two attached hydrogens (primary N) is 2. The first kappa shape index (κ1) is 10.0. The zero-order valence-corrected chi connectivity index (χ0v) is 9.26. The van der Waals surface area contributed by atoms with Gasteiger partial charge in [0.1, 0.15) is 11.6 Å². The molecule has 0 aromatic carbocycles. The van der Waals surface area contributed by atoms with Gasteiger partial charge in [-0.1, -0.05) is 25.4 Å². The molecule has 2 rings (SSSR count). The van der Waals surface area contributed by atoms with Crippen molar-refractivity contribution >= 4 is 34.3 Å². The highest BCUT2D eigenvalue weighted by molar-refractivity contribution is 6.34. The molecule has 5 N–H and O–H groups in total. The molecule has 6 heteroatoms. The van der Waals surface area contributed by atoms with Crippen molar-refractivity contribution in [2.45, 2.75) is 19.8 Å². The van der Waals surface area contributed by atoms with Gasteiger partial charge in [-0.25, -0.2) is 4.98 Å². The summed E-state index contributed by atoms with van der Waals surface area (Å²) in [6, 6.07) is 0. The highest BCUT2D eigenvalue weighted by atomic mass is 35.5. The highest BCUT2D eigenvalue weighted by Crippen LogP contribution is 2.36. The molecule has 0 fully saturated rings. The van der Waals surface area contributed by atoms with Crippen LogP contribution in [0.4, 0.5) is 11.6 Å². The molecule has 15 heavy (non-hydrogen) atoms. The topological polar surface area (TPSA) is 93.6 Å². The number of nitrogen functional groups attached to an aromatic ring is 2. The van der Waals surface area contributed by atoms with E-state index in [-0.39, 0.29) is 5.92 Å². The van der Waals surface area contributed by atoms with Gasteiger partial charge >= 0.3 is 0 Å². The Balaban J connectivity index is 2.93. The summed E-state index contributed by atoms with van der Waals surface area (Å²) >= 11 is 6.11. The minimum absolute atomic E-state index is 0.213. The molecule has 2 aromatic heterocycles. The van der Waals surface area contributed by atoms with Gasteiger partial charge in [-0.2, -0.15) is 5.10 Å². The third kappa shape index (κ3) is 1.39. The molecular weight excluding hydrogens is 214 g/mol. The lowest BCUT2D eigenvalue weighted by molar-refractivity contribution is 0.875. The zero-order valence-electron chi connectivity index (χ0n) is 8.50. The number of anilines is 2. The van der Waals surface area contributed by atoms with Gasteiger partial charge in [-0.3, -0.25) is 5.10 Å². The van der Waals surface area contributed by atoms with E-state index in [0.29, 0.717) is 22.3 Å². The Morgan fingerprint density at radius 3 is 2.60 bits per heavy atom. The standard InChI is InChI=1S/C9H12ClN5/c1-3(2)4-5-7(11)14-15-9(5)13-8(12)6(4)10/h3H,1-2H3,(H5,11,12,13,14,15). The molecule has 80 valence electrons. The predicted molar refractivity (Wildman–Crippen MR) is 61.8 cm³/mol. The Kier molecular flexibility index (Phi) is 2.19. The lowest BCUT2D eigenvalue weighted by Crippen LogP contribution is -2.00. The van der Waals surface area contributed by atoms with Gasteiger partial charge in [-0.15, -0.1) is 0 Å². The van der Waals surface area contributed by atoms with Crippen molar-refractivity contribution in [2.75, 3.05) is 11.5 Å². The molecule has 0 saturated heterocycles. The van der Waals surface area contributed by atoms with E-state index in [0.717, 1.165) is 10.9 Å². The van der Waals surface area contributed by atoms with Crippen LogP contribution in [0, 0.1) is 0 Å². The second-order valence-electron chi connectivity index (χ2n) is 3.72. The summed E-state index contributed by atoms with van der Waals surface area (Å²) in [6.45, 7) is 4.04. The van der Waals surface area contributed by atoms with E-state index in [1.807, 2.05) is 13.8 Å². The fourth-order valence-electron chi connectivity index (χ4n) is 1.64. The Morgan fingerprint density at radius 1 is 1.33 bits per heavy atom. The van der Waals surface area contributed by atoms with Crippen molar-refractivity contribution in [2.24, 2.45) is 0 Å². The number of nitrogens with one attached hydrogen (secondary N) is 1. The molecule has 0 saturated carbocycles. The van der Waals surface area contributed by atoms with Gasteiger partial charge in [0.15, 0.2) is 5.65 Å².